The van der Waals surface area contributed by atoms with Crippen molar-refractivity contribution in [2.24, 2.45) is 0 Å². The molecular weight excluding hydrogens is 350 g/mol. The molecular formula is C19H21N3O5. The van der Waals surface area contributed by atoms with Crippen LogP contribution in [0.15, 0.2) is 40.9 Å². The van der Waals surface area contributed by atoms with Crippen molar-refractivity contribution in [2.45, 2.75) is 6.54 Å². The van der Waals surface area contributed by atoms with Crippen LogP contribution in [0.2, 0.25) is 0 Å². The van der Waals surface area contributed by atoms with Gasteiger partial charge in [0.25, 0.3) is 0 Å². The van der Waals surface area contributed by atoms with Crippen molar-refractivity contribution in [2.75, 3.05) is 33.8 Å². The molecule has 0 unspecified atom stereocenters. The predicted octanol–water partition coefficient (Wildman–Crippen LogP) is 3.38. The van der Waals surface area contributed by atoms with Gasteiger partial charge in [0.15, 0.2) is 11.5 Å². The highest BCUT2D eigenvalue weighted by Gasteiger charge is 2.13. The van der Waals surface area contributed by atoms with E-state index >= 15 is 0 Å². The minimum atomic E-state index is 0.296. The van der Waals surface area contributed by atoms with E-state index in [0.717, 1.165) is 22.6 Å². The lowest BCUT2D eigenvalue weighted by Crippen LogP contribution is -2.02. The van der Waals surface area contributed by atoms with Crippen LogP contribution in [0.1, 0.15) is 5.56 Å². The third-order valence-corrected chi connectivity index (χ3v) is 3.99. The minimum Gasteiger partial charge on any atom is -0.497 e. The maximum Gasteiger partial charge on any atom is 0.322 e. The molecule has 142 valence electrons. The van der Waals surface area contributed by atoms with Gasteiger partial charge in [-0.15, -0.1) is 0 Å². The van der Waals surface area contributed by atoms with E-state index in [1.165, 1.54) is 0 Å². The fourth-order valence-electron chi connectivity index (χ4n) is 2.58. The Labute approximate surface area is 157 Å². The smallest absolute Gasteiger partial charge is 0.322 e. The zero-order valence-corrected chi connectivity index (χ0v) is 15.6. The Morgan fingerprint density at radius 2 is 1.59 bits per heavy atom. The van der Waals surface area contributed by atoms with Crippen LogP contribution in [0.25, 0.3) is 11.4 Å². The summed E-state index contributed by atoms with van der Waals surface area (Å²) in [5, 5.41) is 7.10. The van der Waals surface area contributed by atoms with Gasteiger partial charge in [0.1, 0.15) is 11.5 Å². The first-order valence-corrected chi connectivity index (χ1v) is 8.19. The van der Waals surface area contributed by atoms with Crippen LogP contribution in [-0.2, 0) is 6.54 Å². The van der Waals surface area contributed by atoms with E-state index in [-0.39, 0.29) is 0 Å². The maximum absolute atomic E-state index is 5.37. The van der Waals surface area contributed by atoms with Crippen LogP contribution in [0.5, 0.6) is 23.0 Å². The van der Waals surface area contributed by atoms with Gasteiger partial charge in [0, 0.05) is 17.7 Å². The van der Waals surface area contributed by atoms with Crippen molar-refractivity contribution >= 4 is 6.01 Å². The lowest BCUT2D eigenvalue weighted by molar-refractivity contribution is 0.355. The normalized spacial score (nSPS) is 10.4. The second-order valence-corrected chi connectivity index (χ2v) is 5.52. The van der Waals surface area contributed by atoms with E-state index in [4.69, 9.17) is 23.5 Å². The SMILES string of the molecule is COc1ccc(OC)c(CNc2nc(-c3ccc(OC)c(OC)c3)no2)c1. The van der Waals surface area contributed by atoms with Gasteiger partial charge in [-0.3, -0.25) is 0 Å². The first-order chi connectivity index (χ1) is 13.2. The Bertz CT molecular complexity index is 910. The number of nitrogens with zero attached hydrogens (tertiary/aromatic N) is 2. The number of hydrogen-bond donors (Lipinski definition) is 1. The molecule has 0 saturated heterocycles. The third kappa shape index (κ3) is 4.05. The van der Waals surface area contributed by atoms with E-state index < -0.39 is 0 Å². The van der Waals surface area contributed by atoms with Gasteiger partial charge in [0.05, 0.1) is 28.4 Å². The molecule has 0 aliphatic rings. The molecule has 0 saturated carbocycles. The first kappa shape index (κ1) is 18.4. The summed E-state index contributed by atoms with van der Waals surface area (Å²) in [5.74, 6) is 3.15. The van der Waals surface area contributed by atoms with Crippen molar-refractivity contribution in [3.8, 4) is 34.4 Å². The van der Waals surface area contributed by atoms with Crippen molar-refractivity contribution in [1.29, 1.82) is 0 Å². The maximum atomic E-state index is 5.37. The molecule has 3 rings (SSSR count). The first-order valence-electron chi connectivity index (χ1n) is 8.19. The quantitative estimate of drug-likeness (QED) is 0.645. The molecule has 2 aromatic carbocycles. The molecule has 0 radical (unpaired) electrons. The molecule has 3 aromatic rings. The van der Waals surface area contributed by atoms with Gasteiger partial charge in [0.2, 0.25) is 5.82 Å². The van der Waals surface area contributed by atoms with Crippen LogP contribution >= 0.6 is 0 Å². The standard InChI is InChI=1S/C19H21N3O5/c1-23-14-6-8-15(24-2)13(9-14)11-20-19-21-18(22-27-19)12-5-7-16(25-3)17(10-12)26-4/h5-10H,11H2,1-4H3,(H,20,21,22). The number of hydrogen-bond acceptors (Lipinski definition) is 8. The highest BCUT2D eigenvalue weighted by Crippen LogP contribution is 2.31. The van der Waals surface area contributed by atoms with Crippen molar-refractivity contribution in [3.63, 3.8) is 0 Å². The van der Waals surface area contributed by atoms with E-state index in [2.05, 4.69) is 15.5 Å². The van der Waals surface area contributed by atoms with E-state index in [9.17, 15) is 0 Å². The molecule has 1 heterocycles. The van der Waals surface area contributed by atoms with Crippen LogP contribution in [0, 0.1) is 0 Å². The molecule has 0 amide bonds. The Balaban J connectivity index is 1.75. The summed E-state index contributed by atoms with van der Waals surface area (Å²) in [6, 6.07) is 11.3. The molecule has 1 aromatic heterocycles. The zero-order chi connectivity index (χ0) is 19.2. The monoisotopic (exact) mass is 371 g/mol. The zero-order valence-electron chi connectivity index (χ0n) is 15.6. The predicted molar refractivity (Wildman–Crippen MR) is 99.7 cm³/mol. The van der Waals surface area contributed by atoms with E-state index in [1.54, 1.807) is 40.6 Å². The van der Waals surface area contributed by atoms with Crippen molar-refractivity contribution in [3.05, 3.63) is 42.0 Å². The topological polar surface area (TPSA) is 87.9 Å². The molecule has 0 aliphatic heterocycles. The lowest BCUT2D eigenvalue weighted by atomic mass is 10.2. The minimum absolute atomic E-state index is 0.296. The molecule has 0 atom stereocenters. The average Bonchev–Trinajstić information content (AvgIpc) is 3.20. The summed E-state index contributed by atoms with van der Waals surface area (Å²) < 4.78 is 26.4. The average molecular weight is 371 g/mol. The van der Waals surface area contributed by atoms with Crippen LogP contribution in [0.3, 0.4) is 0 Å². The van der Waals surface area contributed by atoms with Gasteiger partial charge in [-0.1, -0.05) is 5.16 Å². The number of anilines is 1. The molecule has 27 heavy (non-hydrogen) atoms. The fourth-order valence-corrected chi connectivity index (χ4v) is 2.58. The van der Waals surface area contributed by atoms with Crippen molar-refractivity contribution < 1.29 is 23.5 Å². The third-order valence-electron chi connectivity index (χ3n) is 3.99. The largest absolute Gasteiger partial charge is 0.497 e. The second kappa shape index (κ2) is 8.31. The summed E-state index contributed by atoms with van der Waals surface area (Å²) in [6.45, 7) is 0.438. The highest BCUT2D eigenvalue weighted by molar-refractivity contribution is 5.61. The highest BCUT2D eigenvalue weighted by atomic mass is 16.5. The number of ether oxygens (including phenoxy) is 4. The summed E-state index contributed by atoms with van der Waals surface area (Å²) in [7, 11) is 6.40. The summed E-state index contributed by atoms with van der Waals surface area (Å²) in [4.78, 5) is 4.37. The molecule has 0 aliphatic carbocycles. The summed E-state index contributed by atoms with van der Waals surface area (Å²) in [6.07, 6.45) is 0. The van der Waals surface area contributed by atoms with Gasteiger partial charge in [-0.25, -0.2) is 0 Å². The number of benzene rings is 2. The van der Waals surface area contributed by atoms with Gasteiger partial charge in [-0.2, -0.15) is 4.98 Å². The van der Waals surface area contributed by atoms with E-state index in [1.807, 2.05) is 24.3 Å². The molecule has 0 spiro atoms. The Morgan fingerprint density at radius 3 is 2.30 bits per heavy atom. The van der Waals surface area contributed by atoms with Crippen LogP contribution in [0.4, 0.5) is 6.01 Å². The molecule has 0 bridgehead atoms. The van der Waals surface area contributed by atoms with Crippen molar-refractivity contribution in [1.82, 2.24) is 10.1 Å². The lowest BCUT2D eigenvalue weighted by Gasteiger charge is -2.10. The Morgan fingerprint density at radius 1 is 0.852 bits per heavy atom. The number of aromatic nitrogens is 2. The molecule has 8 heteroatoms. The summed E-state index contributed by atoms with van der Waals surface area (Å²) in [5.41, 5.74) is 1.66. The van der Waals surface area contributed by atoms with Crippen LogP contribution < -0.4 is 24.3 Å². The molecule has 8 nitrogen and oxygen atoms in total. The number of nitrogens with one attached hydrogen (secondary N) is 1. The van der Waals surface area contributed by atoms with E-state index in [0.29, 0.717) is 29.9 Å². The number of rotatable bonds is 8. The summed E-state index contributed by atoms with van der Waals surface area (Å²) >= 11 is 0. The van der Waals surface area contributed by atoms with Crippen LogP contribution in [-0.4, -0.2) is 38.6 Å². The van der Waals surface area contributed by atoms with Gasteiger partial charge >= 0.3 is 6.01 Å². The fraction of sp³-hybridized carbons (Fsp3) is 0.263. The number of methoxy groups -OCH3 is 4. The van der Waals surface area contributed by atoms with Gasteiger partial charge in [-0.05, 0) is 36.4 Å². The van der Waals surface area contributed by atoms with Gasteiger partial charge < -0.3 is 28.8 Å². The molecule has 1 N–H and O–H groups in total. The Kier molecular flexibility index (Phi) is 5.65. The second-order valence-electron chi connectivity index (χ2n) is 5.52. The Hall–Kier alpha value is -3.42. The molecule has 0 fully saturated rings.